The molecule has 0 amide bonds. The van der Waals surface area contributed by atoms with Gasteiger partial charge in [-0.15, -0.1) is 0 Å². The maximum Gasteiger partial charge on any atom is 0.225 e. The third kappa shape index (κ3) is 2.73. The first-order chi connectivity index (χ1) is 11.9. The Morgan fingerprint density at radius 1 is 1.08 bits per heavy atom. The third-order valence-corrected chi connectivity index (χ3v) is 4.46. The highest BCUT2D eigenvalue weighted by atomic mass is 16.5. The number of ether oxygens (including phenoxy) is 1. The summed E-state index contributed by atoms with van der Waals surface area (Å²) in [6.07, 6.45) is 6.20. The van der Waals surface area contributed by atoms with Gasteiger partial charge in [0.1, 0.15) is 5.82 Å². The van der Waals surface area contributed by atoms with Gasteiger partial charge >= 0.3 is 0 Å². The van der Waals surface area contributed by atoms with Crippen LogP contribution in [-0.4, -0.2) is 46.3 Å². The maximum atomic E-state index is 5.26. The van der Waals surface area contributed by atoms with E-state index in [9.17, 15) is 0 Å². The molecule has 1 saturated heterocycles. The average Bonchev–Trinajstić information content (AvgIpc) is 3.28. The summed E-state index contributed by atoms with van der Waals surface area (Å²) >= 11 is 0. The molecule has 124 valence electrons. The highest BCUT2D eigenvalue weighted by Crippen LogP contribution is 2.25. The summed E-state index contributed by atoms with van der Waals surface area (Å²) in [4.78, 5) is 16.1. The van der Waals surface area contributed by atoms with Gasteiger partial charge < -0.3 is 14.2 Å². The molecule has 6 heteroatoms. The summed E-state index contributed by atoms with van der Waals surface area (Å²) in [5.41, 5.74) is 3.02. The molecule has 2 aromatic heterocycles. The molecule has 0 bridgehead atoms. The van der Waals surface area contributed by atoms with E-state index in [0.717, 1.165) is 48.0 Å². The second-order valence-corrected chi connectivity index (χ2v) is 6.03. The Morgan fingerprint density at radius 3 is 2.58 bits per heavy atom. The Kier molecular flexibility index (Phi) is 4.13. The van der Waals surface area contributed by atoms with E-state index in [1.165, 1.54) is 12.8 Å². The minimum atomic E-state index is 0.639. The smallest absolute Gasteiger partial charge is 0.225 e. The SMILES string of the molecule is COCCn1c(-c2cnc(N3CCCC3)nc2)nc2ccccc21. The molecule has 24 heavy (non-hydrogen) atoms. The molecular weight excluding hydrogens is 302 g/mol. The first kappa shape index (κ1) is 15.1. The number of aromatic nitrogens is 4. The molecule has 3 aromatic rings. The molecule has 0 atom stereocenters. The van der Waals surface area contributed by atoms with Crippen LogP contribution in [0, 0.1) is 0 Å². The average molecular weight is 323 g/mol. The molecule has 6 nitrogen and oxygen atoms in total. The predicted molar refractivity (Wildman–Crippen MR) is 94.1 cm³/mol. The van der Waals surface area contributed by atoms with Gasteiger partial charge in [-0.2, -0.15) is 0 Å². The summed E-state index contributed by atoms with van der Waals surface area (Å²) in [5.74, 6) is 1.71. The first-order valence-corrected chi connectivity index (χ1v) is 8.38. The van der Waals surface area contributed by atoms with Crippen molar-refractivity contribution in [2.75, 3.05) is 31.7 Å². The molecule has 4 rings (SSSR count). The van der Waals surface area contributed by atoms with E-state index in [1.807, 2.05) is 30.6 Å². The van der Waals surface area contributed by atoms with E-state index in [1.54, 1.807) is 7.11 Å². The zero-order valence-electron chi connectivity index (χ0n) is 13.9. The Hall–Kier alpha value is -2.47. The van der Waals surface area contributed by atoms with Crippen molar-refractivity contribution in [1.29, 1.82) is 0 Å². The number of anilines is 1. The highest BCUT2D eigenvalue weighted by molar-refractivity contribution is 5.80. The van der Waals surface area contributed by atoms with Crippen molar-refractivity contribution in [3.63, 3.8) is 0 Å². The highest BCUT2D eigenvalue weighted by Gasteiger charge is 2.16. The van der Waals surface area contributed by atoms with Gasteiger partial charge in [-0.3, -0.25) is 0 Å². The lowest BCUT2D eigenvalue weighted by Crippen LogP contribution is -2.20. The zero-order valence-corrected chi connectivity index (χ0v) is 13.9. The zero-order chi connectivity index (χ0) is 16.4. The topological polar surface area (TPSA) is 56.1 Å². The van der Waals surface area contributed by atoms with Crippen LogP contribution in [0.3, 0.4) is 0 Å². The fraction of sp³-hybridized carbons (Fsp3) is 0.389. The van der Waals surface area contributed by atoms with Gasteiger partial charge in [-0.1, -0.05) is 12.1 Å². The van der Waals surface area contributed by atoms with E-state index >= 15 is 0 Å². The van der Waals surface area contributed by atoms with Crippen LogP contribution in [-0.2, 0) is 11.3 Å². The lowest BCUT2D eigenvalue weighted by Gasteiger charge is -2.15. The maximum absolute atomic E-state index is 5.26. The Bertz CT molecular complexity index is 821. The minimum absolute atomic E-state index is 0.639. The van der Waals surface area contributed by atoms with Crippen molar-refractivity contribution in [2.45, 2.75) is 19.4 Å². The van der Waals surface area contributed by atoms with Gasteiger partial charge in [-0.25, -0.2) is 15.0 Å². The molecule has 0 spiro atoms. The van der Waals surface area contributed by atoms with Gasteiger partial charge in [0, 0.05) is 39.1 Å². The van der Waals surface area contributed by atoms with E-state index < -0.39 is 0 Å². The van der Waals surface area contributed by atoms with E-state index in [-0.39, 0.29) is 0 Å². The van der Waals surface area contributed by atoms with E-state index in [4.69, 9.17) is 9.72 Å². The van der Waals surface area contributed by atoms with Crippen LogP contribution in [0.2, 0.25) is 0 Å². The molecule has 0 saturated carbocycles. The predicted octanol–water partition coefficient (Wildman–Crippen LogP) is 2.74. The van der Waals surface area contributed by atoms with Crippen molar-refractivity contribution in [2.24, 2.45) is 0 Å². The second-order valence-electron chi connectivity index (χ2n) is 6.03. The molecule has 0 unspecified atom stereocenters. The van der Waals surface area contributed by atoms with Gasteiger partial charge in [0.2, 0.25) is 5.95 Å². The number of fused-ring (bicyclic) bond motifs is 1. The van der Waals surface area contributed by atoms with Gasteiger partial charge in [0.25, 0.3) is 0 Å². The van der Waals surface area contributed by atoms with E-state index in [2.05, 4.69) is 25.5 Å². The second kappa shape index (κ2) is 6.57. The molecule has 3 heterocycles. The molecular formula is C18H21N5O. The third-order valence-electron chi connectivity index (χ3n) is 4.46. The summed E-state index contributed by atoms with van der Waals surface area (Å²) in [6, 6.07) is 8.15. The Morgan fingerprint density at radius 2 is 1.83 bits per heavy atom. The van der Waals surface area contributed by atoms with Crippen molar-refractivity contribution < 1.29 is 4.74 Å². The number of hydrogen-bond donors (Lipinski definition) is 0. The largest absolute Gasteiger partial charge is 0.383 e. The molecule has 1 fully saturated rings. The van der Waals surface area contributed by atoms with Crippen molar-refractivity contribution in [3.05, 3.63) is 36.7 Å². The summed E-state index contributed by atoms with van der Waals surface area (Å²) < 4.78 is 7.43. The van der Waals surface area contributed by atoms with Crippen molar-refractivity contribution >= 4 is 17.0 Å². The summed E-state index contributed by atoms with van der Waals surface area (Å²) in [7, 11) is 1.72. The quantitative estimate of drug-likeness (QED) is 0.722. The van der Waals surface area contributed by atoms with Crippen LogP contribution < -0.4 is 4.90 Å². The molecule has 1 aliphatic rings. The molecule has 0 aliphatic carbocycles. The van der Waals surface area contributed by atoms with Gasteiger partial charge in [0.05, 0.1) is 23.2 Å². The Balaban J connectivity index is 1.72. The van der Waals surface area contributed by atoms with Crippen LogP contribution in [0.5, 0.6) is 0 Å². The monoisotopic (exact) mass is 323 g/mol. The van der Waals surface area contributed by atoms with Crippen molar-refractivity contribution in [1.82, 2.24) is 19.5 Å². The summed E-state index contributed by atoms with van der Waals surface area (Å²) in [6.45, 7) is 3.48. The lowest BCUT2D eigenvalue weighted by atomic mass is 10.3. The number of hydrogen-bond acceptors (Lipinski definition) is 5. The number of nitrogens with zero attached hydrogens (tertiary/aromatic N) is 5. The van der Waals surface area contributed by atoms with E-state index in [0.29, 0.717) is 6.61 Å². The van der Waals surface area contributed by atoms with Crippen LogP contribution >= 0.6 is 0 Å². The number of methoxy groups -OCH3 is 1. The normalized spacial score (nSPS) is 14.6. The molecule has 1 aliphatic heterocycles. The lowest BCUT2D eigenvalue weighted by molar-refractivity contribution is 0.188. The number of rotatable bonds is 5. The minimum Gasteiger partial charge on any atom is -0.383 e. The summed E-state index contributed by atoms with van der Waals surface area (Å²) in [5, 5.41) is 0. The molecule has 0 N–H and O–H groups in total. The standard InChI is InChI=1S/C18H21N5O/c1-24-11-10-23-16-7-3-2-6-15(16)21-17(23)14-12-19-18(20-13-14)22-8-4-5-9-22/h2-3,6-7,12-13H,4-5,8-11H2,1H3. The van der Waals surface area contributed by atoms with Crippen LogP contribution in [0.4, 0.5) is 5.95 Å². The van der Waals surface area contributed by atoms with Crippen molar-refractivity contribution in [3.8, 4) is 11.4 Å². The molecule has 0 radical (unpaired) electrons. The van der Waals surface area contributed by atoms with Gasteiger partial charge in [0.15, 0.2) is 0 Å². The molecule has 1 aromatic carbocycles. The Labute approximate surface area is 141 Å². The number of imidazole rings is 1. The fourth-order valence-corrected chi connectivity index (χ4v) is 3.22. The first-order valence-electron chi connectivity index (χ1n) is 8.38. The fourth-order valence-electron chi connectivity index (χ4n) is 3.22. The van der Waals surface area contributed by atoms with Crippen LogP contribution in [0.25, 0.3) is 22.4 Å². The van der Waals surface area contributed by atoms with Crippen LogP contribution in [0.1, 0.15) is 12.8 Å². The van der Waals surface area contributed by atoms with Gasteiger partial charge in [-0.05, 0) is 25.0 Å². The van der Waals surface area contributed by atoms with Crippen LogP contribution in [0.15, 0.2) is 36.7 Å². The number of benzene rings is 1. The number of para-hydroxylation sites is 2.